The van der Waals surface area contributed by atoms with Crippen LogP contribution in [0.3, 0.4) is 0 Å². The van der Waals surface area contributed by atoms with Crippen molar-refractivity contribution in [2.24, 2.45) is 0 Å². The molecule has 0 spiro atoms. The molecule has 0 bridgehead atoms. The molecule has 2 unspecified atom stereocenters. The summed E-state index contributed by atoms with van der Waals surface area (Å²) in [5.41, 5.74) is 0. The van der Waals surface area contributed by atoms with Crippen molar-refractivity contribution in [2.45, 2.75) is 309 Å². The first-order chi connectivity index (χ1) is 32.5. The van der Waals surface area contributed by atoms with Gasteiger partial charge in [-0.3, -0.25) is 9.59 Å². The molecule has 0 fully saturated rings. The second-order valence-electron chi connectivity index (χ2n) is 19.6. The molecule has 6 heteroatoms. The summed E-state index contributed by atoms with van der Waals surface area (Å²) >= 11 is 0. The van der Waals surface area contributed by atoms with Crippen molar-refractivity contribution in [3.05, 3.63) is 48.6 Å². The fraction of sp³-hybridized carbons (Fsp3) is 0.833. The molecule has 1 amide bonds. The van der Waals surface area contributed by atoms with E-state index in [4.69, 9.17) is 4.74 Å². The van der Waals surface area contributed by atoms with Crippen LogP contribution in [-0.4, -0.2) is 47.4 Å². The fourth-order valence-electron chi connectivity index (χ4n) is 8.66. The van der Waals surface area contributed by atoms with Gasteiger partial charge in [0.15, 0.2) is 0 Å². The van der Waals surface area contributed by atoms with Crippen molar-refractivity contribution in [1.29, 1.82) is 0 Å². The van der Waals surface area contributed by atoms with Crippen molar-refractivity contribution in [2.75, 3.05) is 13.2 Å². The molecule has 0 saturated heterocycles. The van der Waals surface area contributed by atoms with E-state index in [1.54, 1.807) is 0 Å². The van der Waals surface area contributed by atoms with Crippen molar-refractivity contribution < 1.29 is 24.5 Å². The maximum Gasteiger partial charge on any atom is 0.305 e. The number of rotatable bonds is 53. The minimum atomic E-state index is -0.701. The molecule has 0 rings (SSSR count). The van der Waals surface area contributed by atoms with E-state index in [1.165, 1.54) is 199 Å². The predicted molar refractivity (Wildman–Crippen MR) is 287 cm³/mol. The van der Waals surface area contributed by atoms with Crippen molar-refractivity contribution in [1.82, 2.24) is 5.32 Å². The topological polar surface area (TPSA) is 95.9 Å². The van der Waals surface area contributed by atoms with Crippen LogP contribution in [0.2, 0.25) is 0 Å². The zero-order valence-electron chi connectivity index (χ0n) is 43.9. The number of carbonyl (C=O) groups is 2. The number of carbonyl (C=O) groups excluding carboxylic acids is 2. The predicted octanol–water partition coefficient (Wildman–Crippen LogP) is 17.8. The van der Waals surface area contributed by atoms with Crippen LogP contribution in [0.15, 0.2) is 48.6 Å². The maximum atomic E-state index is 12.4. The summed E-state index contributed by atoms with van der Waals surface area (Å²) in [6.45, 7) is 4.88. The third-order valence-corrected chi connectivity index (χ3v) is 13.1. The quantitative estimate of drug-likeness (QED) is 0.0321. The molecule has 0 saturated carbocycles. The van der Waals surface area contributed by atoms with Gasteiger partial charge in [0.25, 0.3) is 0 Å². The number of amides is 1. The van der Waals surface area contributed by atoms with Gasteiger partial charge in [0.1, 0.15) is 0 Å². The first-order valence-corrected chi connectivity index (χ1v) is 28.9. The van der Waals surface area contributed by atoms with E-state index in [0.717, 1.165) is 57.8 Å². The van der Waals surface area contributed by atoms with Gasteiger partial charge in [0.05, 0.1) is 25.4 Å². The van der Waals surface area contributed by atoms with Gasteiger partial charge in [-0.05, 0) is 77.0 Å². The van der Waals surface area contributed by atoms with Gasteiger partial charge in [0, 0.05) is 12.8 Å². The normalized spacial score (nSPS) is 13.0. The zero-order chi connectivity index (χ0) is 47.9. The number of esters is 1. The molecule has 3 N–H and O–H groups in total. The van der Waals surface area contributed by atoms with E-state index in [2.05, 4.69) is 61.7 Å². The molecule has 2 atom stereocenters. The Morgan fingerprint density at radius 3 is 1.20 bits per heavy atom. The third kappa shape index (κ3) is 51.2. The molecular formula is C60H111NO5. The van der Waals surface area contributed by atoms with Crippen LogP contribution >= 0.6 is 0 Å². The highest BCUT2D eigenvalue weighted by Gasteiger charge is 2.19. The molecule has 0 aromatic carbocycles. The van der Waals surface area contributed by atoms with Gasteiger partial charge < -0.3 is 20.3 Å². The van der Waals surface area contributed by atoms with Crippen LogP contribution in [-0.2, 0) is 14.3 Å². The first kappa shape index (κ1) is 63.8. The summed E-state index contributed by atoms with van der Waals surface area (Å²) in [4.78, 5) is 24.5. The lowest BCUT2D eigenvalue weighted by Gasteiger charge is -2.22. The molecule has 0 radical (unpaired) electrons. The highest BCUT2D eigenvalue weighted by atomic mass is 16.5. The summed E-state index contributed by atoms with van der Waals surface area (Å²) in [5.74, 6) is -0.139. The standard InChI is InChI=1S/C60H111NO5/c1-3-5-7-9-11-13-15-17-19-21-23-25-28-32-36-40-44-48-52-58(63)57(56-62)61-59(64)53-49-45-41-37-33-29-27-31-35-39-43-47-51-55-66-60(65)54-50-46-42-38-34-30-26-24-22-20-18-16-14-12-10-8-6-4-2/h14,16,20,22,29,33,41,45,57-58,62-63H,3-13,15,17-19,21,23-28,30-32,34-40,42-44,46-56H2,1-2H3,(H,61,64)/b16-14-,22-20-,33-29-,45-41-. The van der Waals surface area contributed by atoms with Crippen LogP contribution in [0.1, 0.15) is 296 Å². The average Bonchev–Trinajstić information content (AvgIpc) is 3.32. The number of aliphatic hydroxyl groups is 2. The fourth-order valence-corrected chi connectivity index (χ4v) is 8.66. The van der Waals surface area contributed by atoms with E-state index in [1.807, 2.05) is 6.08 Å². The Balaban J connectivity index is 3.54. The van der Waals surface area contributed by atoms with E-state index in [-0.39, 0.29) is 18.5 Å². The second kappa shape index (κ2) is 55.4. The van der Waals surface area contributed by atoms with E-state index >= 15 is 0 Å². The molecule has 0 aliphatic heterocycles. The summed E-state index contributed by atoms with van der Waals surface area (Å²) in [6.07, 6.45) is 69.6. The van der Waals surface area contributed by atoms with Crippen molar-refractivity contribution in [3.63, 3.8) is 0 Å². The van der Waals surface area contributed by atoms with E-state index in [9.17, 15) is 19.8 Å². The third-order valence-electron chi connectivity index (χ3n) is 13.1. The summed E-state index contributed by atoms with van der Waals surface area (Å²) < 4.78 is 5.46. The smallest absolute Gasteiger partial charge is 0.305 e. The lowest BCUT2D eigenvalue weighted by Crippen LogP contribution is -2.45. The van der Waals surface area contributed by atoms with Crippen LogP contribution in [0.4, 0.5) is 0 Å². The van der Waals surface area contributed by atoms with Crippen LogP contribution in [0.5, 0.6) is 0 Å². The van der Waals surface area contributed by atoms with E-state index in [0.29, 0.717) is 32.3 Å². The lowest BCUT2D eigenvalue weighted by molar-refractivity contribution is -0.143. The second-order valence-corrected chi connectivity index (χ2v) is 19.6. The Bertz CT molecular complexity index is 1110. The van der Waals surface area contributed by atoms with Gasteiger partial charge in [-0.2, -0.15) is 0 Å². The maximum absolute atomic E-state index is 12.4. The number of nitrogens with one attached hydrogen (secondary N) is 1. The highest BCUT2D eigenvalue weighted by Crippen LogP contribution is 2.16. The minimum absolute atomic E-state index is 0.0244. The Morgan fingerprint density at radius 1 is 0.424 bits per heavy atom. The summed E-state index contributed by atoms with van der Waals surface area (Å²) in [7, 11) is 0. The van der Waals surface area contributed by atoms with Gasteiger partial charge >= 0.3 is 5.97 Å². The average molecular weight is 927 g/mol. The minimum Gasteiger partial charge on any atom is -0.466 e. The number of ether oxygens (including phenoxy) is 1. The SMILES string of the molecule is CCCCCC/C=C\C/C=C\CCCCCCCCCC(=O)OCCCCCCCC/C=C\C/C=C\CCC(=O)NC(CO)C(O)CCCCCCCCCCCCCCCCCCCC. The Labute approximate surface area is 410 Å². The number of hydrogen-bond donors (Lipinski definition) is 3. The van der Waals surface area contributed by atoms with Gasteiger partial charge in [-0.15, -0.1) is 0 Å². The molecule has 0 aliphatic carbocycles. The summed E-state index contributed by atoms with van der Waals surface area (Å²) in [6, 6.07) is -0.587. The number of allylic oxidation sites excluding steroid dienone is 8. The molecule has 0 aromatic heterocycles. The van der Waals surface area contributed by atoms with E-state index < -0.39 is 12.1 Å². The van der Waals surface area contributed by atoms with Crippen LogP contribution < -0.4 is 5.32 Å². The molecule has 0 heterocycles. The van der Waals surface area contributed by atoms with Gasteiger partial charge in [-0.25, -0.2) is 0 Å². The Hall–Kier alpha value is -2.18. The van der Waals surface area contributed by atoms with Crippen molar-refractivity contribution >= 4 is 11.9 Å². The molecule has 386 valence electrons. The molecular weight excluding hydrogens is 815 g/mol. The van der Waals surface area contributed by atoms with Crippen LogP contribution in [0, 0.1) is 0 Å². The molecule has 0 aromatic rings. The van der Waals surface area contributed by atoms with Crippen LogP contribution in [0.25, 0.3) is 0 Å². The Kier molecular flexibility index (Phi) is 53.6. The monoisotopic (exact) mass is 926 g/mol. The first-order valence-electron chi connectivity index (χ1n) is 28.9. The largest absolute Gasteiger partial charge is 0.466 e. The van der Waals surface area contributed by atoms with Crippen molar-refractivity contribution in [3.8, 4) is 0 Å². The number of aliphatic hydroxyl groups excluding tert-OH is 2. The summed E-state index contributed by atoms with van der Waals surface area (Å²) in [5, 5.41) is 23.2. The lowest BCUT2D eigenvalue weighted by atomic mass is 10.0. The Morgan fingerprint density at radius 2 is 0.773 bits per heavy atom. The van der Waals surface area contributed by atoms with Gasteiger partial charge in [0.2, 0.25) is 5.91 Å². The highest BCUT2D eigenvalue weighted by molar-refractivity contribution is 5.76. The number of hydrogen-bond acceptors (Lipinski definition) is 5. The number of unbranched alkanes of at least 4 members (excludes halogenated alkanes) is 34. The van der Waals surface area contributed by atoms with Gasteiger partial charge in [-0.1, -0.05) is 255 Å². The molecule has 0 aliphatic rings. The zero-order valence-corrected chi connectivity index (χ0v) is 43.9. The molecule has 6 nitrogen and oxygen atoms in total. The molecule has 66 heavy (non-hydrogen) atoms.